The number of benzene rings is 2. The number of amides is 1. The van der Waals surface area contributed by atoms with Gasteiger partial charge in [-0.1, -0.05) is 29.8 Å². The molecule has 2 aromatic carbocycles. The van der Waals surface area contributed by atoms with E-state index < -0.39 is 31.4 Å². The first-order chi connectivity index (χ1) is 11.1. The van der Waals surface area contributed by atoms with Gasteiger partial charge in [0, 0.05) is 5.69 Å². The van der Waals surface area contributed by atoms with Gasteiger partial charge in [0.15, 0.2) is 0 Å². The standard InChI is InChI=1S/C14H9ClF3NO4S/c15-11-7-6-9(8-12(11)24(21,22)14(16,17)18)19-13(20)23-10-4-2-1-3-5-10/h1-8H,(H,19,20). The van der Waals surface area contributed by atoms with Crippen molar-refractivity contribution in [2.24, 2.45) is 0 Å². The van der Waals surface area contributed by atoms with Crippen molar-refractivity contribution in [2.75, 3.05) is 5.32 Å². The monoisotopic (exact) mass is 379 g/mol. The molecule has 0 radical (unpaired) electrons. The number of alkyl halides is 3. The van der Waals surface area contributed by atoms with Gasteiger partial charge >= 0.3 is 11.6 Å². The summed E-state index contributed by atoms with van der Waals surface area (Å²) in [5.74, 6) is 0.201. The van der Waals surface area contributed by atoms with Gasteiger partial charge in [0.05, 0.1) is 9.92 Å². The molecule has 0 spiro atoms. The summed E-state index contributed by atoms with van der Waals surface area (Å²) in [4.78, 5) is 10.5. The third-order valence-corrected chi connectivity index (χ3v) is 4.69. The summed E-state index contributed by atoms with van der Waals surface area (Å²) in [7, 11) is -5.65. The second-order valence-corrected chi connectivity index (χ2v) is 6.74. The third-order valence-electron chi connectivity index (χ3n) is 2.73. The lowest BCUT2D eigenvalue weighted by Crippen LogP contribution is -2.24. The van der Waals surface area contributed by atoms with Crippen molar-refractivity contribution in [3.63, 3.8) is 0 Å². The Morgan fingerprint density at radius 3 is 2.29 bits per heavy atom. The molecule has 0 bridgehead atoms. The summed E-state index contributed by atoms with van der Waals surface area (Å²) in [6.07, 6.45) is -1.00. The van der Waals surface area contributed by atoms with Crippen LogP contribution < -0.4 is 10.1 Å². The highest BCUT2D eigenvalue weighted by molar-refractivity contribution is 7.92. The maximum absolute atomic E-state index is 12.6. The number of ether oxygens (including phenoxy) is 1. The zero-order valence-electron chi connectivity index (χ0n) is 11.7. The fourth-order valence-corrected chi connectivity index (χ4v) is 2.93. The van der Waals surface area contributed by atoms with Crippen molar-refractivity contribution < 1.29 is 31.1 Å². The van der Waals surface area contributed by atoms with Crippen LogP contribution in [0.5, 0.6) is 5.75 Å². The van der Waals surface area contributed by atoms with Crippen molar-refractivity contribution in [1.82, 2.24) is 0 Å². The van der Waals surface area contributed by atoms with Gasteiger partial charge in [0.2, 0.25) is 0 Å². The summed E-state index contributed by atoms with van der Waals surface area (Å²) in [5.41, 5.74) is -5.73. The van der Waals surface area contributed by atoms with Crippen LogP contribution >= 0.6 is 11.6 Å². The van der Waals surface area contributed by atoms with Crippen molar-refractivity contribution in [3.8, 4) is 5.75 Å². The van der Waals surface area contributed by atoms with E-state index in [4.69, 9.17) is 16.3 Å². The number of sulfone groups is 1. The van der Waals surface area contributed by atoms with E-state index in [1.165, 1.54) is 12.1 Å². The number of rotatable bonds is 3. The summed E-state index contributed by atoms with van der Waals surface area (Å²) in [5, 5.41) is 1.51. The predicted molar refractivity (Wildman–Crippen MR) is 80.8 cm³/mol. The Kier molecular flexibility index (Phi) is 5.05. The highest BCUT2D eigenvalue weighted by Crippen LogP contribution is 2.35. The van der Waals surface area contributed by atoms with Crippen LogP contribution in [0.2, 0.25) is 5.02 Å². The van der Waals surface area contributed by atoms with Crippen LogP contribution in [-0.4, -0.2) is 20.0 Å². The normalized spacial score (nSPS) is 11.8. The van der Waals surface area contributed by atoms with Crippen molar-refractivity contribution in [3.05, 3.63) is 53.6 Å². The molecule has 128 valence electrons. The lowest BCUT2D eigenvalue weighted by atomic mass is 10.3. The molecule has 0 saturated heterocycles. The average molecular weight is 380 g/mol. The van der Waals surface area contributed by atoms with Crippen LogP contribution in [0.4, 0.5) is 23.7 Å². The molecule has 0 saturated carbocycles. The number of anilines is 1. The molecule has 0 heterocycles. The van der Waals surface area contributed by atoms with E-state index in [0.29, 0.717) is 6.07 Å². The lowest BCUT2D eigenvalue weighted by molar-refractivity contribution is -0.0435. The molecule has 0 unspecified atom stereocenters. The van der Waals surface area contributed by atoms with Gasteiger partial charge in [0.1, 0.15) is 5.75 Å². The highest BCUT2D eigenvalue weighted by Gasteiger charge is 2.48. The van der Waals surface area contributed by atoms with E-state index in [9.17, 15) is 26.4 Å². The molecule has 10 heteroatoms. The Morgan fingerprint density at radius 2 is 1.71 bits per heavy atom. The van der Waals surface area contributed by atoms with Gasteiger partial charge < -0.3 is 4.74 Å². The molecule has 0 atom stereocenters. The topological polar surface area (TPSA) is 72.5 Å². The number of halogens is 4. The fraction of sp³-hybridized carbons (Fsp3) is 0.0714. The van der Waals surface area contributed by atoms with E-state index >= 15 is 0 Å². The number of nitrogens with one attached hydrogen (secondary N) is 1. The van der Waals surface area contributed by atoms with E-state index in [1.807, 2.05) is 0 Å². The molecule has 24 heavy (non-hydrogen) atoms. The molecule has 2 rings (SSSR count). The fourth-order valence-electron chi connectivity index (χ4n) is 1.65. The minimum atomic E-state index is -5.65. The zero-order valence-corrected chi connectivity index (χ0v) is 13.2. The van der Waals surface area contributed by atoms with Crippen molar-refractivity contribution >= 4 is 33.2 Å². The molecule has 0 aromatic heterocycles. The van der Waals surface area contributed by atoms with Crippen LogP contribution in [0.3, 0.4) is 0 Å². The Bertz CT molecular complexity index is 854. The maximum Gasteiger partial charge on any atom is 0.501 e. The minimum Gasteiger partial charge on any atom is -0.410 e. The van der Waals surface area contributed by atoms with Gasteiger partial charge in [0.25, 0.3) is 9.84 Å². The Balaban J connectivity index is 2.24. The largest absolute Gasteiger partial charge is 0.501 e. The first kappa shape index (κ1) is 18.1. The number of carbonyl (C=O) groups is 1. The molecule has 0 aliphatic rings. The smallest absolute Gasteiger partial charge is 0.410 e. The molecule has 1 amide bonds. The number of carbonyl (C=O) groups excluding carboxylic acids is 1. The Hall–Kier alpha value is -2.26. The van der Waals surface area contributed by atoms with Crippen LogP contribution in [0.25, 0.3) is 0 Å². The molecular weight excluding hydrogens is 371 g/mol. The van der Waals surface area contributed by atoms with Crippen LogP contribution in [-0.2, 0) is 9.84 Å². The molecule has 1 N–H and O–H groups in total. The first-order valence-corrected chi connectivity index (χ1v) is 8.12. The van der Waals surface area contributed by atoms with E-state index in [-0.39, 0.29) is 11.4 Å². The van der Waals surface area contributed by atoms with Gasteiger partial charge in [-0.25, -0.2) is 13.2 Å². The van der Waals surface area contributed by atoms with Gasteiger partial charge in [-0.2, -0.15) is 13.2 Å². The minimum absolute atomic E-state index is 0.201. The molecule has 0 aliphatic heterocycles. The molecule has 2 aromatic rings. The Labute approximate surface area is 139 Å². The summed E-state index contributed by atoms with van der Waals surface area (Å²) < 4.78 is 65.7. The summed E-state index contributed by atoms with van der Waals surface area (Å²) >= 11 is 5.53. The second-order valence-electron chi connectivity index (χ2n) is 4.42. The molecule has 0 fully saturated rings. The Morgan fingerprint density at radius 1 is 1.08 bits per heavy atom. The molecular formula is C14H9ClF3NO4S. The molecule has 5 nitrogen and oxygen atoms in total. The zero-order chi connectivity index (χ0) is 18.0. The second kappa shape index (κ2) is 6.70. The first-order valence-electron chi connectivity index (χ1n) is 6.26. The maximum atomic E-state index is 12.6. The van der Waals surface area contributed by atoms with E-state index in [0.717, 1.165) is 12.1 Å². The number of hydrogen-bond donors (Lipinski definition) is 1. The third kappa shape index (κ3) is 3.98. The van der Waals surface area contributed by atoms with Crippen LogP contribution in [0.15, 0.2) is 53.4 Å². The SMILES string of the molecule is O=C(Nc1ccc(Cl)c(S(=O)(=O)C(F)(F)F)c1)Oc1ccccc1. The summed E-state index contributed by atoms with van der Waals surface area (Å²) in [6.45, 7) is 0. The van der Waals surface area contributed by atoms with E-state index in [1.54, 1.807) is 18.2 Å². The van der Waals surface area contributed by atoms with Gasteiger partial charge in [-0.05, 0) is 30.3 Å². The van der Waals surface area contributed by atoms with Crippen molar-refractivity contribution in [2.45, 2.75) is 10.4 Å². The quantitative estimate of drug-likeness (QED) is 0.865. The number of para-hydroxylation sites is 1. The molecule has 0 aliphatic carbocycles. The van der Waals surface area contributed by atoms with Crippen LogP contribution in [0, 0.1) is 0 Å². The van der Waals surface area contributed by atoms with Gasteiger partial charge in [-0.3, -0.25) is 5.32 Å². The average Bonchev–Trinajstić information content (AvgIpc) is 2.49. The number of hydrogen-bond acceptors (Lipinski definition) is 4. The summed E-state index contributed by atoms with van der Waals surface area (Å²) in [6, 6.07) is 10.6. The lowest BCUT2D eigenvalue weighted by Gasteiger charge is -2.12. The van der Waals surface area contributed by atoms with Gasteiger partial charge in [-0.15, -0.1) is 0 Å². The highest BCUT2D eigenvalue weighted by atomic mass is 35.5. The van der Waals surface area contributed by atoms with Crippen molar-refractivity contribution in [1.29, 1.82) is 0 Å². The van der Waals surface area contributed by atoms with Crippen LogP contribution in [0.1, 0.15) is 0 Å². The predicted octanol–water partition coefficient (Wildman–Crippen LogP) is 4.24. The van der Waals surface area contributed by atoms with E-state index in [2.05, 4.69) is 5.32 Å².